The summed E-state index contributed by atoms with van der Waals surface area (Å²) in [7, 11) is 3.90. The number of thiophene rings is 1. The fourth-order valence-corrected chi connectivity index (χ4v) is 3.52. The summed E-state index contributed by atoms with van der Waals surface area (Å²) in [5, 5.41) is 8.97. The Morgan fingerprint density at radius 2 is 1.96 bits per heavy atom. The molecule has 1 amide bonds. The van der Waals surface area contributed by atoms with Gasteiger partial charge in [0, 0.05) is 17.5 Å². The summed E-state index contributed by atoms with van der Waals surface area (Å²) in [6.45, 7) is 0.406. The van der Waals surface area contributed by atoms with Crippen LogP contribution in [-0.2, 0) is 0 Å². The van der Waals surface area contributed by atoms with Gasteiger partial charge in [-0.3, -0.25) is 9.59 Å². The van der Waals surface area contributed by atoms with Crippen molar-refractivity contribution in [3.8, 4) is 5.69 Å². The Hall–Kier alpha value is -2.84. The second kappa shape index (κ2) is 8.24. The van der Waals surface area contributed by atoms with Crippen molar-refractivity contribution in [3.05, 3.63) is 80.7 Å². The summed E-state index contributed by atoms with van der Waals surface area (Å²) in [6.07, 6.45) is 0. The van der Waals surface area contributed by atoms with Crippen molar-refractivity contribution in [2.24, 2.45) is 0 Å². The van der Waals surface area contributed by atoms with E-state index in [4.69, 9.17) is 0 Å². The summed E-state index contributed by atoms with van der Waals surface area (Å²) in [6, 6.07) is 12.0. The number of rotatable bonds is 6. The zero-order valence-electron chi connectivity index (χ0n) is 14.9. The summed E-state index contributed by atoms with van der Waals surface area (Å²) < 4.78 is 14.2. The Bertz CT molecular complexity index is 968. The maximum atomic E-state index is 13.1. The highest BCUT2D eigenvalue weighted by Crippen LogP contribution is 2.22. The van der Waals surface area contributed by atoms with Gasteiger partial charge in [0.25, 0.3) is 11.5 Å². The smallest absolute Gasteiger partial charge is 0.271 e. The Labute approximate surface area is 159 Å². The third-order valence-corrected chi connectivity index (χ3v) is 5.03. The first-order valence-electron chi connectivity index (χ1n) is 8.30. The molecule has 0 aliphatic carbocycles. The Morgan fingerprint density at radius 3 is 2.59 bits per heavy atom. The van der Waals surface area contributed by atoms with Crippen LogP contribution in [-0.4, -0.2) is 41.2 Å². The fraction of sp³-hybridized carbons (Fsp3) is 0.211. The van der Waals surface area contributed by atoms with Crippen LogP contribution in [0.3, 0.4) is 0 Å². The third-order valence-electron chi connectivity index (χ3n) is 4.06. The molecule has 1 N–H and O–H groups in total. The van der Waals surface area contributed by atoms with Gasteiger partial charge in [-0.05, 0) is 55.9 Å². The van der Waals surface area contributed by atoms with Gasteiger partial charge in [-0.25, -0.2) is 4.39 Å². The second-order valence-electron chi connectivity index (χ2n) is 6.15. The van der Waals surface area contributed by atoms with Crippen LogP contribution in [0.5, 0.6) is 0 Å². The predicted molar refractivity (Wildman–Crippen MR) is 103 cm³/mol. The van der Waals surface area contributed by atoms with E-state index in [1.807, 2.05) is 36.5 Å². The molecule has 0 spiro atoms. The average Bonchev–Trinajstić information content (AvgIpc) is 3.17. The molecular weight excluding hydrogens is 367 g/mol. The van der Waals surface area contributed by atoms with Gasteiger partial charge in [0.1, 0.15) is 11.5 Å². The number of hydrogen-bond donors (Lipinski definition) is 1. The SMILES string of the molecule is CN(C)C(CNC(=O)c1ccc(=O)n(-c2ccc(F)cc2)n1)c1cccs1. The molecule has 27 heavy (non-hydrogen) atoms. The monoisotopic (exact) mass is 386 g/mol. The lowest BCUT2D eigenvalue weighted by Gasteiger charge is -2.23. The molecule has 1 atom stereocenters. The van der Waals surface area contributed by atoms with Crippen molar-refractivity contribution in [2.75, 3.05) is 20.6 Å². The minimum atomic E-state index is -0.413. The Morgan fingerprint density at radius 1 is 1.22 bits per heavy atom. The van der Waals surface area contributed by atoms with Crippen LogP contribution < -0.4 is 10.9 Å². The largest absolute Gasteiger partial charge is 0.349 e. The van der Waals surface area contributed by atoms with Crippen LogP contribution in [0.1, 0.15) is 21.4 Å². The molecule has 0 aliphatic heterocycles. The molecule has 0 saturated carbocycles. The lowest BCUT2D eigenvalue weighted by Crippen LogP contribution is -2.35. The molecule has 1 unspecified atom stereocenters. The van der Waals surface area contributed by atoms with Crippen LogP contribution in [0.25, 0.3) is 5.69 Å². The van der Waals surface area contributed by atoms with Crippen molar-refractivity contribution in [1.29, 1.82) is 0 Å². The van der Waals surface area contributed by atoms with Gasteiger partial charge in [-0.15, -0.1) is 11.3 Å². The van der Waals surface area contributed by atoms with Crippen molar-refractivity contribution in [3.63, 3.8) is 0 Å². The molecule has 3 aromatic rings. The zero-order chi connectivity index (χ0) is 19.4. The minimum Gasteiger partial charge on any atom is -0.349 e. The highest BCUT2D eigenvalue weighted by Gasteiger charge is 2.18. The van der Waals surface area contributed by atoms with E-state index in [0.29, 0.717) is 12.2 Å². The average molecular weight is 386 g/mol. The van der Waals surface area contributed by atoms with E-state index in [-0.39, 0.29) is 17.6 Å². The van der Waals surface area contributed by atoms with Gasteiger partial charge >= 0.3 is 0 Å². The van der Waals surface area contributed by atoms with Crippen molar-refractivity contribution in [1.82, 2.24) is 20.0 Å². The van der Waals surface area contributed by atoms with Gasteiger partial charge in [-0.1, -0.05) is 6.07 Å². The van der Waals surface area contributed by atoms with Crippen LogP contribution in [0.4, 0.5) is 4.39 Å². The fourth-order valence-electron chi connectivity index (χ4n) is 2.60. The van der Waals surface area contributed by atoms with E-state index in [2.05, 4.69) is 10.4 Å². The van der Waals surface area contributed by atoms with Crippen LogP contribution in [0, 0.1) is 5.82 Å². The number of nitrogens with one attached hydrogen (secondary N) is 1. The third kappa shape index (κ3) is 4.47. The van der Waals surface area contributed by atoms with Crippen LogP contribution in [0.15, 0.2) is 58.7 Å². The number of hydrogen-bond acceptors (Lipinski definition) is 5. The molecule has 2 aromatic heterocycles. The van der Waals surface area contributed by atoms with Crippen molar-refractivity contribution < 1.29 is 9.18 Å². The van der Waals surface area contributed by atoms with E-state index < -0.39 is 11.4 Å². The molecule has 140 valence electrons. The van der Waals surface area contributed by atoms with E-state index >= 15 is 0 Å². The Kier molecular flexibility index (Phi) is 5.78. The number of benzene rings is 1. The van der Waals surface area contributed by atoms with Crippen molar-refractivity contribution in [2.45, 2.75) is 6.04 Å². The molecule has 6 nitrogen and oxygen atoms in total. The number of halogens is 1. The quantitative estimate of drug-likeness (QED) is 0.707. The molecule has 0 aliphatic rings. The lowest BCUT2D eigenvalue weighted by atomic mass is 10.2. The maximum Gasteiger partial charge on any atom is 0.271 e. The van der Waals surface area contributed by atoms with Gasteiger partial charge in [0.15, 0.2) is 0 Å². The van der Waals surface area contributed by atoms with E-state index in [1.165, 1.54) is 36.4 Å². The molecular formula is C19H19FN4O2S. The molecule has 0 bridgehead atoms. The molecule has 0 saturated heterocycles. The van der Waals surface area contributed by atoms with Gasteiger partial charge in [-0.2, -0.15) is 9.78 Å². The first-order chi connectivity index (χ1) is 13.0. The second-order valence-corrected chi connectivity index (χ2v) is 7.13. The summed E-state index contributed by atoms with van der Waals surface area (Å²) in [5.74, 6) is -0.793. The topological polar surface area (TPSA) is 67.2 Å². The van der Waals surface area contributed by atoms with Crippen LogP contribution >= 0.6 is 11.3 Å². The van der Waals surface area contributed by atoms with Crippen molar-refractivity contribution >= 4 is 17.2 Å². The molecule has 1 aromatic carbocycles. The maximum absolute atomic E-state index is 13.1. The number of carbonyl (C=O) groups is 1. The van der Waals surface area contributed by atoms with Gasteiger partial charge in [0.2, 0.25) is 0 Å². The molecule has 0 radical (unpaired) electrons. The lowest BCUT2D eigenvalue weighted by molar-refractivity contribution is 0.0935. The highest BCUT2D eigenvalue weighted by atomic mass is 32.1. The van der Waals surface area contributed by atoms with E-state index in [1.54, 1.807) is 11.3 Å². The molecule has 3 rings (SSSR count). The van der Waals surface area contributed by atoms with Crippen LogP contribution in [0.2, 0.25) is 0 Å². The Balaban J connectivity index is 1.78. The van der Waals surface area contributed by atoms with E-state index in [0.717, 1.165) is 9.56 Å². The first kappa shape index (κ1) is 18.9. The predicted octanol–water partition coefficient (Wildman–Crippen LogP) is 2.47. The van der Waals surface area contributed by atoms with Gasteiger partial charge in [0.05, 0.1) is 11.7 Å². The number of carbonyl (C=O) groups excluding carboxylic acids is 1. The summed E-state index contributed by atoms with van der Waals surface area (Å²) in [5.41, 5.74) is 0.103. The number of aromatic nitrogens is 2. The number of amides is 1. The number of nitrogens with zero attached hydrogens (tertiary/aromatic N) is 3. The molecule has 8 heteroatoms. The standard InChI is InChI=1S/C19H19FN4O2S/c1-23(2)16(17-4-3-11-27-17)12-21-19(26)15-9-10-18(25)24(22-15)14-7-5-13(20)6-8-14/h3-11,16H,12H2,1-2H3,(H,21,26). The summed E-state index contributed by atoms with van der Waals surface area (Å²) in [4.78, 5) is 27.8. The minimum absolute atomic E-state index is 0.0388. The molecule has 2 heterocycles. The molecule has 0 fully saturated rings. The van der Waals surface area contributed by atoms with E-state index in [9.17, 15) is 14.0 Å². The first-order valence-corrected chi connectivity index (χ1v) is 9.18. The van der Waals surface area contributed by atoms with Gasteiger partial charge < -0.3 is 10.2 Å². The zero-order valence-corrected chi connectivity index (χ0v) is 15.7. The normalized spacial score (nSPS) is 12.1. The highest BCUT2D eigenvalue weighted by molar-refractivity contribution is 7.10. The number of likely N-dealkylation sites (N-methyl/N-ethyl adjacent to an activating group) is 1. The summed E-state index contributed by atoms with van der Waals surface area (Å²) >= 11 is 1.62.